The molecule has 0 aliphatic carbocycles. The molecule has 0 spiro atoms. The number of anilines is 2. The number of hydrogen-bond acceptors (Lipinski definition) is 17. The molecule has 6 aliphatic rings. The van der Waals surface area contributed by atoms with E-state index in [1.807, 2.05) is 71.3 Å². The van der Waals surface area contributed by atoms with Crippen molar-refractivity contribution in [2.24, 2.45) is 33.7 Å². The van der Waals surface area contributed by atoms with E-state index in [0.717, 1.165) is 27.8 Å². The number of imide groups is 2. The van der Waals surface area contributed by atoms with Gasteiger partial charge in [0, 0.05) is 143 Å². The van der Waals surface area contributed by atoms with Gasteiger partial charge in [0.25, 0.3) is 35.4 Å². The number of ketones is 2. The van der Waals surface area contributed by atoms with Gasteiger partial charge in [-0.05, 0) is 109 Å². The van der Waals surface area contributed by atoms with Crippen LogP contribution in [0.15, 0.2) is 119 Å². The third kappa shape index (κ3) is 18.6. The largest absolute Gasteiger partial charge is 0.493 e. The van der Waals surface area contributed by atoms with Crippen molar-refractivity contribution in [3.63, 3.8) is 0 Å². The Hall–Kier alpha value is -11.0. The Morgan fingerprint density at radius 3 is 1.32 bits per heavy atom. The number of hydrogen-bond donors (Lipinski definition) is 4. The summed E-state index contributed by atoms with van der Waals surface area (Å²) in [6.07, 6.45) is 17.2. The molecule has 0 saturated carbocycles. The van der Waals surface area contributed by atoms with Gasteiger partial charge in [0.15, 0.2) is 23.1 Å². The maximum atomic E-state index is 14.2. The fraction of sp³-hybridized carbons (Fsp3) is 0.418. The normalized spacial score (nSPS) is 17.6. The van der Waals surface area contributed by atoms with Crippen molar-refractivity contribution in [1.82, 2.24) is 30.2 Å². The number of Topliss-reactive ketones (excluding diaryl/α,β-unsaturated/α-hetero) is 2. The van der Waals surface area contributed by atoms with Crippen LogP contribution >= 0.6 is 0 Å². The van der Waals surface area contributed by atoms with Gasteiger partial charge >= 0.3 is 0 Å². The fourth-order valence-corrected chi connectivity index (χ4v) is 13.2. The fourth-order valence-electron chi connectivity index (χ4n) is 13.2. The average Bonchev–Trinajstić information content (AvgIpc) is 1.65. The smallest absolute Gasteiger partial charge is 0.260 e. The summed E-state index contributed by atoms with van der Waals surface area (Å²) < 4.78 is 18.2. The Labute approximate surface area is 604 Å². The lowest BCUT2D eigenvalue weighted by atomic mass is 9.92. The van der Waals surface area contributed by atoms with E-state index in [2.05, 4.69) is 21.3 Å². The van der Waals surface area contributed by atoms with Gasteiger partial charge in [-0.25, -0.2) is 0 Å². The highest BCUT2D eigenvalue weighted by Gasteiger charge is 2.37. The van der Waals surface area contributed by atoms with Crippen LogP contribution in [0.5, 0.6) is 17.2 Å². The number of carbonyl (C=O) groups excluding carboxylic acids is 12. The summed E-state index contributed by atoms with van der Waals surface area (Å²) in [6, 6.07) is 19.1. The first-order valence-corrected chi connectivity index (χ1v) is 35.7. The minimum atomic E-state index is -0.773. The molecule has 0 saturated heterocycles. The average molecular weight is 1420 g/mol. The summed E-state index contributed by atoms with van der Waals surface area (Å²) in [5, 5.41) is 11.5. The Bertz CT molecular complexity index is 4190. The van der Waals surface area contributed by atoms with Crippen molar-refractivity contribution in [2.45, 2.75) is 156 Å². The maximum absolute atomic E-state index is 14.2. The van der Waals surface area contributed by atoms with Gasteiger partial charge in [0.2, 0.25) is 23.6 Å². The van der Waals surface area contributed by atoms with Gasteiger partial charge < -0.3 is 45.3 Å². The summed E-state index contributed by atoms with van der Waals surface area (Å²) >= 11 is 0. The first-order valence-electron chi connectivity index (χ1n) is 35.7. The van der Waals surface area contributed by atoms with Crippen LogP contribution in [0.4, 0.5) is 22.7 Å². The summed E-state index contributed by atoms with van der Waals surface area (Å²) in [6.45, 7) is 13.6. The third-order valence-electron chi connectivity index (χ3n) is 19.2. The predicted octanol–water partition coefficient (Wildman–Crippen LogP) is 10.1. The molecular formula is C79H90N10O15. The van der Waals surface area contributed by atoms with Gasteiger partial charge in [0.05, 0.1) is 67.0 Å². The zero-order valence-electron chi connectivity index (χ0n) is 60.0. The molecule has 0 fully saturated rings. The number of amides is 10. The van der Waals surface area contributed by atoms with E-state index in [0.29, 0.717) is 109 Å². The van der Waals surface area contributed by atoms with Gasteiger partial charge in [0.1, 0.15) is 5.75 Å². The lowest BCUT2D eigenvalue weighted by Gasteiger charge is -2.23. The predicted molar refractivity (Wildman–Crippen MR) is 391 cm³/mol. The molecule has 10 rings (SSSR count). The Morgan fingerprint density at radius 1 is 0.500 bits per heavy atom. The van der Waals surface area contributed by atoms with Gasteiger partial charge in [-0.15, -0.1) is 0 Å². The molecule has 546 valence electrons. The quantitative estimate of drug-likeness (QED) is 0.0246. The molecule has 0 radical (unpaired) electrons. The zero-order chi connectivity index (χ0) is 74.5. The van der Waals surface area contributed by atoms with Crippen LogP contribution in [0, 0.1) is 30.6 Å². The second-order valence-corrected chi connectivity index (χ2v) is 27.8. The molecule has 0 bridgehead atoms. The van der Waals surface area contributed by atoms with Gasteiger partial charge in [-0.1, -0.05) is 78.6 Å². The van der Waals surface area contributed by atoms with Crippen molar-refractivity contribution in [3.8, 4) is 17.2 Å². The van der Waals surface area contributed by atoms with E-state index in [1.165, 1.54) is 41.2 Å². The third-order valence-corrected chi connectivity index (χ3v) is 19.2. The van der Waals surface area contributed by atoms with Crippen molar-refractivity contribution in [1.29, 1.82) is 0 Å². The molecule has 6 aliphatic heterocycles. The summed E-state index contributed by atoms with van der Waals surface area (Å²) in [4.78, 5) is 170. The molecule has 6 atom stereocenters. The van der Waals surface area contributed by atoms with Crippen LogP contribution in [0.3, 0.4) is 0 Å². The number of rotatable bonds is 35. The highest BCUT2D eigenvalue weighted by atomic mass is 16.5. The molecule has 6 heterocycles. The van der Waals surface area contributed by atoms with Crippen LogP contribution in [0.1, 0.15) is 162 Å². The van der Waals surface area contributed by atoms with Gasteiger partial charge in [-0.3, -0.25) is 77.3 Å². The van der Waals surface area contributed by atoms with E-state index < -0.39 is 23.9 Å². The SMILES string of the molecule is COc1cc2c(cc1OCCCOc1cc3c(cc1C)C(=O)N1C=C(c4ccc(NC(=O)[C@H](C)CC(=O)[C@@H](NC(=O)CCCCCN5C(=O)C=CC5=O)C(C)C)cc4)C[C@H]1C=N3)N=C[C@@H]1CC(c3ccc(NC(=O)[C@H](C)CC(=O)[C@@H](NC(=O)CCCCCN4C(=O)C=CC4=O)C(C)C)cc3)=CN1C2=O. The Morgan fingerprint density at radius 2 is 0.904 bits per heavy atom. The van der Waals surface area contributed by atoms with Crippen LogP contribution < -0.4 is 35.5 Å². The van der Waals surface area contributed by atoms with E-state index in [-0.39, 0.29) is 147 Å². The number of ether oxygens (including phenoxy) is 3. The topological polar surface area (TPSA) is 318 Å². The minimum absolute atomic E-state index is 0.0773. The Kier molecular flexibility index (Phi) is 25.0. The summed E-state index contributed by atoms with van der Waals surface area (Å²) in [7, 11) is 1.50. The standard InChI is InChI=1S/C79H90N10O15/c1-46(2)74(84-68(92)16-11-9-13-30-86-70(94)26-27-71(86)95)63(90)35-49(6)76(98)82-55-22-18-51(19-23-55)53-37-57-42-80-61-40-65(48(5)34-59(61)78(100)88(57)44-53)103-32-15-33-104-67-41-62-60(39-66(67)102-8)79(101)89-45-54(38-58(89)43-81-62)52-20-24-56(25-21-52)83-77(99)50(7)36-64(91)75(47(3)4)85-69(93)17-12-10-14-31-87-72(96)28-29-73(87)97/h18-29,34,39-47,49-50,57-58,74-75H,9-17,30-33,35-38H2,1-8H3,(H,82,98)(H,83,99)(H,84,92)(H,85,93)/t49-,50-,57+,58+,74+,75+/m1/s1. The van der Waals surface area contributed by atoms with Crippen LogP contribution in [0.2, 0.25) is 0 Å². The van der Waals surface area contributed by atoms with Crippen LogP contribution in [-0.4, -0.2) is 160 Å². The second-order valence-electron chi connectivity index (χ2n) is 27.8. The number of methoxy groups -OCH3 is 1. The number of aliphatic imine (C=N–C) groups is 2. The maximum Gasteiger partial charge on any atom is 0.260 e. The lowest BCUT2D eigenvalue weighted by Crippen LogP contribution is -2.45. The van der Waals surface area contributed by atoms with E-state index in [4.69, 9.17) is 24.2 Å². The molecule has 4 N–H and O–H groups in total. The molecule has 10 amide bonds. The highest BCUT2D eigenvalue weighted by Crippen LogP contribution is 2.41. The molecule has 0 unspecified atom stereocenters. The molecule has 104 heavy (non-hydrogen) atoms. The van der Waals surface area contributed by atoms with E-state index in [9.17, 15) is 57.5 Å². The number of benzene rings is 4. The Balaban J connectivity index is 0.645. The van der Waals surface area contributed by atoms with Crippen molar-refractivity contribution >= 4 is 117 Å². The second kappa shape index (κ2) is 34.3. The van der Waals surface area contributed by atoms with Crippen molar-refractivity contribution in [2.75, 3.05) is 44.0 Å². The van der Waals surface area contributed by atoms with Crippen molar-refractivity contribution < 1.29 is 71.7 Å². The molecular weight excluding hydrogens is 1330 g/mol. The van der Waals surface area contributed by atoms with E-state index >= 15 is 0 Å². The number of fused-ring (bicyclic) bond motifs is 4. The molecule has 0 aromatic heterocycles. The monoisotopic (exact) mass is 1420 g/mol. The molecule has 25 nitrogen and oxygen atoms in total. The van der Waals surface area contributed by atoms with Gasteiger partial charge in [-0.2, -0.15) is 0 Å². The van der Waals surface area contributed by atoms with E-state index in [1.54, 1.807) is 84.6 Å². The summed E-state index contributed by atoms with van der Waals surface area (Å²) in [5.74, 6) is -4.07. The van der Waals surface area contributed by atoms with Crippen molar-refractivity contribution in [3.05, 3.63) is 137 Å². The molecule has 4 aromatic rings. The summed E-state index contributed by atoms with van der Waals surface area (Å²) in [5.41, 5.74) is 6.99. The lowest BCUT2D eigenvalue weighted by molar-refractivity contribution is -0.138. The molecule has 4 aromatic carbocycles. The molecule has 25 heteroatoms. The number of aryl methyl sites for hydroxylation is 1. The first-order chi connectivity index (χ1) is 49.8. The van der Waals surface area contributed by atoms with Crippen LogP contribution in [-0.2, 0) is 47.9 Å². The number of nitrogens with zero attached hydrogens (tertiary/aromatic N) is 6. The minimum Gasteiger partial charge on any atom is -0.493 e. The number of unbranched alkanes of at least 4 members (excludes halogenated alkanes) is 4. The number of carbonyl (C=O) groups is 12. The zero-order valence-corrected chi connectivity index (χ0v) is 60.0. The first kappa shape index (κ1) is 75.7. The highest BCUT2D eigenvalue weighted by molar-refractivity contribution is 6.14. The van der Waals surface area contributed by atoms with Crippen LogP contribution in [0.25, 0.3) is 11.1 Å². The number of nitrogens with one attached hydrogen (secondary N) is 4.